The molecule has 0 saturated heterocycles. The molecule has 2 rings (SSSR count). The zero-order chi connectivity index (χ0) is 12.8. The van der Waals surface area contributed by atoms with E-state index in [1.165, 1.54) is 56.5 Å². The lowest BCUT2D eigenvalue weighted by molar-refractivity contribution is 0.262. The largest absolute Gasteiger partial charge is 0.161 e. The molecular formula is C17H32S. The Kier molecular flexibility index (Phi) is 5.92. The highest BCUT2D eigenvalue weighted by Crippen LogP contribution is 2.42. The molecule has 0 aromatic carbocycles. The molecule has 2 aliphatic rings. The van der Waals surface area contributed by atoms with Gasteiger partial charge in [-0.25, -0.2) is 0 Å². The first-order valence-electron chi connectivity index (χ1n) is 8.29. The SMILES string of the molecule is CCCSCC1(C)CCCC2CCC(CCC1)C2. The second-order valence-corrected chi connectivity index (χ2v) is 8.30. The van der Waals surface area contributed by atoms with Crippen LogP contribution in [0.3, 0.4) is 0 Å². The number of hydrogen-bond acceptors (Lipinski definition) is 1. The predicted molar refractivity (Wildman–Crippen MR) is 84.3 cm³/mol. The van der Waals surface area contributed by atoms with Gasteiger partial charge in [0.05, 0.1) is 0 Å². The minimum absolute atomic E-state index is 0.649. The molecule has 1 heteroatoms. The van der Waals surface area contributed by atoms with Crippen LogP contribution in [0.2, 0.25) is 0 Å². The van der Waals surface area contributed by atoms with Crippen LogP contribution in [-0.4, -0.2) is 11.5 Å². The van der Waals surface area contributed by atoms with Crippen molar-refractivity contribution in [2.75, 3.05) is 11.5 Å². The molecule has 2 bridgehead atoms. The van der Waals surface area contributed by atoms with E-state index < -0.39 is 0 Å². The lowest BCUT2D eigenvalue weighted by Gasteiger charge is -2.31. The first-order valence-corrected chi connectivity index (χ1v) is 9.45. The van der Waals surface area contributed by atoms with E-state index in [9.17, 15) is 0 Å². The Morgan fingerprint density at radius 2 is 1.61 bits per heavy atom. The third-order valence-electron chi connectivity index (χ3n) is 5.23. The minimum Gasteiger partial charge on any atom is -0.161 e. The molecule has 0 heterocycles. The number of rotatable bonds is 4. The van der Waals surface area contributed by atoms with Crippen LogP contribution >= 0.6 is 11.8 Å². The highest BCUT2D eigenvalue weighted by atomic mass is 32.2. The molecule has 0 aromatic heterocycles. The molecule has 0 N–H and O–H groups in total. The zero-order valence-corrected chi connectivity index (χ0v) is 13.4. The van der Waals surface area contributed by atoms with Gasteiger partial charge in [0.25, 0.3) is 0 Å². The minimum atomic E-state index is 0.649. The van der Waals surface area contributed by atoms with Gasteiger partial charge in [-0.1, -0.05) is 52.4 Å². The van der Waals surface area contributed by atoms with Gasteiger partial charge in [-0.3, -0.25) is 0 Å². The molecule has 0 aromatic rings. The molecule has 0 nitrogen and oxygen atoms in total. The van der Waals surface area contributed by atoms with Gasteiger partial charge >= 0.3 is 0 Å². The van der Waals surface area contributed by atoms with Crippen LogP contribution in [0.25, 0.3) is 0 Å². The van der Waals surface area contributed by atoms with Crippen molar-refractivity contribution in [2.24, 2.45) is 17.3 Å². The molecule has 106 valence electrons. The second-order valence-electron chi connectivity index (χ2n) is 7.19. The van der Waals surface area contributed by atoms with Crippen molar-refractivity contribution in [1.82, 2.24) is 0 Å². The summed E-state index contributed by atoms with van der Waals surface area (Å²) in [4.78, 5) is 0. The van der Waals surface area contributed by atoms with Crippen LogP contribution in [0, 0.1) is 17.3 Å². The fourth-order valence-corrected chi connectivity index (χ4v) is 5.28. The van der Waals surface area contributed by atoms with E-state index in [-0.39, 0.29) is 0 Å². The number of thioether (sulfide) groups is 1. The molecule has 0 aliphatic heterocycles. The first kappa shape index (κ1) is 14.8. The molecule has 2 atom stereocenters. The summed E-state index contributed by atoms with van der Waals surface area (Å²) >= 11 is 2.20. The molecule has 2 aliphatic carbocycles. The summed E-state index contributed by atoms with van der Waals surface area (Å²) in [6, 6.07) is 0. The number of hydrogen-bond donors (Lipinski definition) is 0. The van der Waals surface area contributed by atoms with Crippen molar-refractivity contribution in [3.05, 3.63) is 0 Å². The summed E-state index contributed by atoms with van der Waals surface area (Å²) < 4.78 is 0. The van der Waals surface area contributed by atoms with E-state index in [1.54, 1.807) is 19.3 Å². The van der Waals surface area contributed by atoms with Crippen molar-refractivity contribution >= 4 is 11.8 Å². The van der Waals surface area contributed by atoms with Gasteiger partial charge < -0.3 is 0 Å². The monoisotopic (exact) mass is 268 g/mol. The van der Waals surface area contributed by atoms with Gasteiger partial charge in [0.2, 0.25) is 0 Å². The van der Waals surface area contributed by atoms with Gasteiger partial charge in [0, 0.05) is 0 Å². The van der Waals surface area contributed by atoms with Crippen LogP contribution in [0.4, 0.5) is 0 Å². The van der Waals surface area contributed by atoms with Crippen LogP contribution in [-0.2, 0) is 0 Å². The summed E-state index contributed by atoms with van der Waals surface area (Å²) in [5.41, 5.74) is 0.649. The van der Waals surface area contributed by atoms with E-state index in [0.29, 0.717) is 5.41 Å². The lowest BCUT2D eigenvalue weighted by atomic mass is 9.79. The van der Waals surface area contributed by atoms with Gasteiger partial charge in [0.15, 0.2) is 0 Å². The van der Waals surface area contributed by atoms with Crippen molar-refractivity contribution in [3.8, 4) is 0 Å². The average molecular weight is 269 g/mol. The molecule has 2 unspecified atom stereocenters. The average Bonchev–Trinajstić information content (AvgIpc) is 2.76. The first-order chi connectivity index (χ1) is 8.72. The van der Waals surface area contributed by atoms with E-state index in [2.05, 4.69) is 25.6 Å². The Hall–Kier alpha value is 0.350. The number of fused-ring (bicyclic) bond motifs is 2. The topological polar surface area (TPSA) is 0 Å². The fourth-order valence-electron chi connectivity index (χ4n) is 4.07. The van der Waals surface area contributed by atoms with Crippen LogP contribution in [0.5, 0.6) is 0 Å². The molecule has 2 fully saturated rings. The van der Waals surface area contributed by atoms with Crippen LogP contribution < -0.4 is 0 Å². The molecule has 0 amide bonds. The summed E-state index contributed by atoms with van der Waals surface area (Å²) in [6.07, 6.45) is 15.1. The highest BCUT2D eigenvalue weighted by Gasteiger charge is 2.29. The van der Waals surface area contributed by atoms with Gasteiger partial charge in [-0.15, -0.1) is 0 Å². The summed E-state index contributed by atoms with van der Waals surface area (Å²) in [5, 5.41) is 0. The lowest BCUT2D eigenvalue weighted by Crippen LogP contribution is -2.21. The zero-order valence-electron chi connectivity index (χ0n) is 12.5. The van der Waals surface area contributed by atoms with E-state index in [1.807, 2.05) is 0 Å². The Balaban J connectivity index is 1.83. The Labute approximate surface area is 119 Å². The molecular weight excluding hydrogens is 236 g/mol. The standard InChI is InChI=1S/C17H32S/c1-3-12-18-14-17(2)10-4-6-15-8-9-16(13-15)7-5-11-17/h15-16H,3-14H2,1-2H3. The van der Waals surface area contributed by atoms with Crippen molar-refractivity contribution in [1.29, 1.82) is 0 Å². The maximum atomic E-state index is 2.57. The Morgan fingerprint density at radius 3 is 2.17 bits per heavy atom. The fraction of sp³-hybridized carbons (Fsp3) is 1.00. The molecule has 18 heavy (non-hydrogen) atoms. The van der Waals surface area contributed by atoms with Gasteiger partial charge in [-0.05, 0) is 54.4 Å². The van der Waals surface area contributed by atoms with Crippen LogP contribution in [0.1, 0.15) is 78.1 Å². The van der Waals surface area contributed by atoms with E-state index in [4.69, 9.17) is 0 Å². The van der Waals surface area contributed by atoms with Crippen molar-refractivity contribution in [3.63, 3.8) is 0 Å². The summed E-state index contributed by atoms with van der Waals surface area (Å²) in [7, 11) is 0. The normalized spacial score (nSPS) is 37.7. The van der Waals surface area contributed by atoms with E-state index >= 15 is 0 Å². The van der Waals surface area contributed by atoms with Gasteiger partial charge in [-0.2, -0.15) is 11.8 Å². The predicted octanol–water partition coefficient (Wildman–Crippen LogP) is 5.91. The van der Waals surface area contributed by atoms with Crippen molar-refractivity contribution < 1.29 is 0 Å². The maximum Gasteiger partial charge on any atom is -0.00135 e. The third-order valence-corrected chi connectivity index (χ3v) is 6.83. The van der Waals surface area contributed by atoms with Crippen LogP contribution in [0.15, 0.2) is 0 Å². The molecule has 0 spiro atoms. The Morgan fingerprint density at radius 1 is 1.00 bits per heavy atom. The van der Waals surface area contributed by atoms with E-state index in [0.717, 1.165) is 11.8 Å². The third kappa shape index (κ3) is 4.47. The second kappa shape index (κ2) is 7.22. The summed E-state index contributed by atoms with van der Waals surface area (Å²) in [6.45, 7) is 4.87. The maximum absolute atomic E-state index is 2.57. The van der Waals surface area contributed by atoms with Crippen molar-refractivity contribution in [2.45, 2.75) is 78.1 Å². The quantitative estimate of drug-likeness (QED) is 0.571. The molecule has 0 radical (unpaired) electrons. The smallest absolute Gasteiger partial charge is 0.00135 e. The molecule has 2 saturated carbocycles. The summed E-state index contributed by atoms with van der Waals surface area (Å²) in [5.74, 6) is 4.97. The van der Waals surface area contributed by atoms with Gasteiger partial charge in [0.1, 0.15) is 0 Å². The highest BCUT2D eigenvalue weighted by molar-refractivity contribution is 7.99. The Bertz CT molecular complexity index is 220.